The van der Waals surface area contributed by atoms with Crippen molar-refractivity contribution in [2.75, 3.05) is 20.1 Å². The first-order chi connectivity index (χ1) is 15.4. The minimum Gasteiger partial charge on any atom is -0.341 e. The summed E-state index contributed by atoms with van der Waals surface area (Å²) in [7, 11) is -2.01. The van der Waals surface area contributed by atoms with Crippen LogP contribution in [0.3, 0.4) is 0 Å². The summed E-state index contributed by atoms with van der Waals surface area (Å²) in [5.74, 6) is -0.143. The van der Waals surface area contributed by atoms with Crippen molar-refractivity contribution in [1.29, 1.82) is 0 Å². The van der Waals surface area contributed by atoms with Gasteiger partial charge < -0.3 is 4.90 Å². The maximum atomic E-state index is 13.0. The maximum absolute atomic E-state index is 13.0. The molecule has 0 atom stereocenters. The number of carbonyl (C=O) groups excluding carboxylic acids is 1. The molecule has 1 aliphatic heterocycles. The Hall–Kier alpha value is -2.39. The lowest BCUT2D eigenvalue weighted by atomic mass is 9.96. The summed E-state index contributed by atoms with van der Waals surface area (Å²) in [6.45, 7) is 4.77. The Morgan fingerprint density at radius 3 is 2.06 bits per heavy atom. The Kier molecular flexibility index (Phi) is 7.53. The van der Waals surface area contributed by atoms with Gasteiger partial charge in [0.2, 0.25) is 15.9 Å². The van der Waals surface area contributed by atoms with Crippen LogP contribution < -0.4 is 0 Å². The third-order valence-corrected chi connectivity index (χ3v) is 7.98. The van der Waals surface area contributed by atoms with Gasteiger partial charge >= 0.3 is 6.18 Å². The van der Waals surface area contributed by atoms with Crippen molar-refractivity contribution >= 4 is 15.9 Å². The highest BCUT2D eigenvalue weighted by Gasteiger charge is 2.33. The number of rotatable bonds is 6. The second-order valence-corrected chi connectivity index (χ2v) is 10.7. The molecule has 3 rings (SSSR count). The van der Waals surface area contributed by atoms with Gasteiger partial charge in [-0.05, 0) is 54.2 Å². The normalized spacial score (nSPS) is 16.2. The molecule has 0 N–H and O–H groups in total. The molecule has 1 fully saturated rings. The van der Waals surface area contributed by atoms with Gasteiger partial charge in [0.1, 0.15) is 0 Å². The van der Waals surface area contributed by atoms with Crippen LogP contribution in [0.2, 0.25) is 0 Å². The van der Waals surface area contributed by atoms with Crippen LogP contribution in [0, 0.1) is 5.92 Å². The van der Waals surface area contributed by atoms with E-state index in [1.54, 1.807) is 19.2 Å². The average Bonchev–Trinajstić information content (AvgIpc) is 2.78. The Bertz CT molecular complexity index is 1060. The number of nitrogens with zero attached hydrogens (tertiary/aromatic N) is 2. The van der Waals surface area contributed by atoms with Crippen molar-refractivity contribution in [2.45, 2.75) is 50.2 Å². The zero-order valence-electron chi connectivity index (χ0n) is 19.0. The number of piperidine rings is 1. The van der Waals surface area contributed by atoms with Crippen molar-refractivity contribution in [1.82, 2.24) is 9.21 Å². The van der Waals surface area contributed by atoms with Crippen LogP contribution in [0.4, 0.5) is 13.2 Å². The van der Waals surface area contributed by atoms with Crippen LogP contribution in [0.1, 0.15) is 49.3 Å². The zero-order valence-corrected chi connectivity index (χ0v) is 19.8. The number of hydrogen-bond acceptors (Lipinski definition) is 3. The molecule has 0 saturated carbocycles. The Balaban J connectivity index is 1.57. The highest BCUT2D eigenvalue weighted by atomic mass is 32.2. The standard InChI is InChI=1S/C24H29F3N2O3S/c1-17(2)19-6-10-22(11-7-19)33(31,32)29-14-12-20(13-15-29)23(30)28(3)16-18-4-8-21(9-5-18)24(25,26)27/h4-11,17,20H,12-16H2,1-3H3. The molecule has 1 aliphatic rings. The van der Waals surface area contributed by atoms with Gasteiger partial charge in [-0.15, -0.1) is 0 Å². The minimum atomic E-state index is -4.40. The van der Waals surface area contributed by atoms with Crippen molar-refractivity contribution in [3.8, 4) is 0 Å². The molecule has 0 bridgehead atoms. The molecular weight excluding hydrogens is 453 g/mol. The molecule has 0 radical (unpaired) electrons. The van der Waals surface area contributed by atoms with Gasteiger partial charge in [-0.25, -0.2) is 8.42 Å². The Labute approximate surface area is 193 Å². The summed E-state index contributed by atoms with van der Waals surface area (Å²) in [6.07, 6.45) is -3.59. The predicted molar refractivity (Wildman–Crippen MR) is 120 cm³/mol. The number of halogens is 3. The summed E-state index contributed by atoms with van der Waals surface area (Å²) in [5.41, 5.74) is 0.936. The zero-order chi connectivity index (χ0) is 24.4. The van der Waals surface area contributed by atoms with E-state index < -0.39 is 21.8 Å². The van der Waals surface area contributed by atoms with E-state index in [4.69, 9.17) is 0 Å². The van der Waals surface area contributed by atoms with E-state index in [2.05, 4.69) is 0 Å². The number of sulfonamides is 1. The Morgan fingerprint density at radius 2 is 1.58 bits per heavy atom. The van der Waals surface area contributed by atoms with E-state index in [9.17, 15) is 26.4 Å². The monoisotopic (exact) mass is 482 g/mol. The quantitative estimate of drug-likeness (QED) is 0.589. The van der Waals surface area contributed by atoms with E-state index in [1.807, 2.05) is 26.0 Å². The number of alkyl halides is 3. The van der Waals surface area contributed by atoms with Gasteiger partial charge in [-0.3, -0.25) is 4.79 Å². The molecule has 1 amide bonds. The van der Waals surface area contributed by atoms with Gasteiger partial charge in [0.05, 0.1) is 10.5 Å². The van der Waals surface area contributed by atoms with Gasteiger partial charge in [-0.2, -0.15) is 17.5 Å². The molecule has 0 unspecified atom stereocenters. The summed E-state index contributed by atoms with van der Waals surface area (Å²) in [4.78, 5) is 14.6. The highest BCUT2D eigenvalue weighted by Crippen LogP contribution is 2.30. The number of benzene rings is 2. The highest BCUT2D eigenvalue weighted by molar-refractivity contribution is 7.89. The lowest BCUT2D eigenvalue weighted by Gasteiger charge is -2.32. The molecule has 0 aliphatic carbocycles. The van der Waals surface area contributed by atoms with Crippen LogP contribution >= 0.6 is 0 Å². The molecule has 2 aromatic carbocycles. The molecule has 1 saturated heterocycles. The summed E-state index contributed by atoms with van der Waals surface area (Å²) >= 11 is 0. The SMILES string of the molecule is CC(C)c1ccc(S(=O)(=O)N2CCC(C(=O)N(C)Cc3ccc(C(F)(F)F)cc3)CC2)cc1. The molecule has 9 heteroatoms. The van der Waals surface area contributed by atoms with E-state index >= 15 is 0 Å². The van der Waals surface area contributed by atoms with Crippen molar-refractivity contribution in [3.05, 3.63) is 65.2 Å². The lowest BCUT2D eigenvalue weighted by Crippen LogP contribution is -2.43. The first-order valence-corrected chi connectivity index (χ1v) is 12.3. The fraction of sp³-hybridized carbons (Fsp3) is 0.458. The molecule has 1 heterocycles. The molecule has 180 valence electrons. The number of hydrogen-bond donors (Lipinski definition) is 0. The van der Waals surface area contributed by atoms with Gasteiger partial charge in [0.25, 0.3) is 0 Å². The minimum absolute atomic E-state index is 0.131. The maximum Gasteiger partial charge on any atom is 0.416 e. The number of carbonyl (C=O) groups is 1. The van der Waals surface area contributed by atoms with Crippen LogP contribution in [0.15, 0.2) is 53.4 Å². The fourth-order valence-corrected chi connectivity index (χ4v) is 5.45. The first-order valence-electron chi connectivity index (χ1n) is 10.9. The topological polar surface area (TPSA) is 57.7 Å². The van der Waals surface area contributed by atoms with Crippen molar-refractivity contribution in [3.63, 3.8) is 0 Å². The molecule has 0 spiro atoms. The van der Waals surface area contributed by atoms with Crippen LogP contribution in [0.25, 0.3) is 0 Å². The third kappa shape index (κ3) is 5.95. The van der Waals surface area contributed by atoms with E-state index in [1.165, 1.54) is 21.3 Å². The smallest absolute Gasteiger partial charge is 0.341 e. The van der Waals surface area contributed by atoms with Gasteiger partial charge in [0, 0.05) is 32.6 Å². The molecule has 33 heavy (non-hydrogen) atoms. The van der Waals surface area contributed by atoms with Crippen molar-refractivity contribution < 1.29 is 26.4 Å². The van der Waals surface area contributed by atoms with Gasteiger partial charge in [-0.1, -0.05) is 38.1 Å². The van der Waals surface area contributed by atoms with E-state index in [0.717, 1.165) is 17.7 Å². The van der Waals surface area contributed by atoms with Crippen LogP contribution in [-0.2, 0) is 27.5 Å². The van der Waals surface area contributed by atoms with Crippen molar-refractivity contribution in [2.24, 2.45) is 5.92 Å². The third-order valence-electron chi connectivity index (χ3n) is 6.06. The summed E-state index contributed by atoms with van der Waals surface area (Å²) in [5, 5.41) is 0. The van der Waals surface area contributed by atoms with E-state index in [-0.39, 0.29) is 36.4 Å². The number of amides is 1. The predicted octanol–water partition coefficient (Wildman–Crippen LogP) is 4.89. The molecular formula is C24H29F3N2O3S. The largest absolute Gasteiger partial charge is 0.416 e. The van der Waals surface area contributed by atoms with Crippen LogP contribution in [-0.4, -0.2) is 43.7 Å². The molecule has 5 nitrogen and oxygen atoms in total. The summed E-state index contributed by atoms with van der Waals surface area (Å²) < 4.78 is 65.5. The second kappa shape index (κ2) is 9.85. The van der Waals surface area contributed by atoms with Gasteiger partial charge in [0.15, 0.2) is 0 Å². The summed E-state index contributed by atoms with van der Waals surface area (Å²) in [6, 6.07) is 11.6. The average molecular weight is 483 g/mol. The first kappa shape index (κ1) is 25.2. The lowest BCUT2D eigenvalue weighted by molar-refractivity contribution is -0.138. The Morgan fingerprint density at radius 1 is 1.03 bits per heavy atom. The fourth-order valence-electron chi connectivity index (χ4n) is 3.98. The van der Waals surface area contributed by atoms with Crippen LogP contribution in [0.5, 0.6) is 0 Å². The molecule has 0 aromatic heterocycles. The second-order valence-electron chi connectivity index (χ2n) is 8.79. The van der Waals surface area contributed by atoms with E-state index in [0.29, 0.717) is 24.3 Å². The molecule has 2 aromatic rings.